The number of piperidine rings is 1. The second-order valence-corrected chi connectivity index (χ2v) is 7.86. The van der Waals surface area contributed by atoms with Gasteiger partial charge in [-0.05, 0) is 58.7 Å². The summed E-state index contributed by atoms with van der Waals surface area (Å²) in [5.41, 5.74) is 7.25. The van der Waals surface area contributed by atoms with Gasteiger partial charge in [-0.15, -0.1) is 0 Å². The number of hydrogen-bond donors (Lipinski definition) is 0. The molecule has 3 aromatic carbocycles. The maximum atomic E-state index is 2.71. The molecule has 1 fully saturated rings. The molecule has 3 atom stereocenters. The van der Waals surface area contributed by atoms with Gasteiger partial charge < -0.3 is 0 Å². The summed E-state index contributed by atoms with van der Waals surface area (Å²) in [7, 11) is 0. The zero-order valence-corrected chi connectivity index (χ0v) is 15.3. The first-order valence-corrected chi connectivity index (χ1v) is 9.78. The average molecular weight is 339 g/mol. The van der Waals surface area contributed by atoms with E-state index in [1.165, 1.54) is 29.7 Å². The molecule has 1 aliphatic carbocycles. The van der Waals surface area contributed by atoms with Gasteiger partial charge in [-0.1, -0.05) is 79.7 Å². The van der Waals surface area contributed by atoms with Gasteiger partial charge in [0.05, 0.1) is 0 Å². The Morgan fingerprint density at radius 2 is 1.54 bits per heavy atom. The van der Waals surface area contributed by atoms with Crippen LogP contribution >= 0.6 is 0 Å². The van der Waals surface area contributed by atoms with Crippen LogP contribution in [0.5, 0.6) is 0 Å². The summed E-state index contributed by atoms with van der Waals surface area (Å²) in [5.74, 6) is 1.43. The van der Waals surface area contributed by atoms with Gasteiger partial charge in [-0.25, -0.2) is 0 Å². The number of nitrogens with zero attached hydrogens (tertiary/aromatic N) is 1. The van der Waals surface area contributed by atoms with Crippen molar-refractivity contribution in [2.45, 2.75) is 31.8 Å². The molecule has 0 aromatic heterocycles. The van der Waals surface area contributed by atoms with Crippen LogP contribution in [0, 0.1) is 5.92 Å². The van der Waals surface area contributed by atoms with Gasteiger partial charge in [0.2, 0.25) is 0 Å². The van der Waals surface area contributed by atoms with Crippen molar-refractivity contribution in [1.29, 1.82) is 0 Å². The Bertz CT molecular complexity index is 900. The Morgan fingerprint density at radius 3 is 2.31 bits per heavy atom. The van der Waals surface area contributed by atoms with Gasteiger partial charge in [0.15, 0.2) is 0 Å². The summed E-state index contributed by atoms with van der Waals surface area (Å²) in [6.45, 7) is 4.70. The third-order valence-electron chi connectivity index (χ3n) is 6.39. The van der Waals surface area contributed by atoms with Crippen LogP contribution in [0.3, 0.4) is 0 Å². The van der Waals surface area contributed by atoms with Crippen molar-refractivity contribution in [2.24, 2.45) is 5.92 Å². The van der Waals surface area contributed by atoms with Crippen LogP contribution in [-0.2, 0) is 6.54 Å². The van der Waals surface area contributed by atoms with E-state index in [9.17, 15) is 0 Å². The molecule has 5 rings (SSSR count). The number of rotatable bonds is 3. The smallest absolute Gasteiger partial charge is 0.0386 e. The maximum Gasteiger partial charge on any atom is 0.0386 e. The first kappa shape index (κ1) is 15.8. The summed E-state index contributed by atoms with van der Waals surface area (Å²) < 4.78 is 0. The van der Waals surface area contributed by atoms with Crippen molar-refractivity contribution in [3.8, 4) is 11.1 Å². The van der Waals surface area contributed by atoms with Gasteiger partial charge in [-0.3, -0.25) is 4.90 Å². The summed E-state index contributed by atoms with van der Waals surface area (Å²) in [6, 6.07) is 29.5. The van der Waals surface area contributed by atoms with Crippen LogP contribution in [0.1, 0.15) is 42.0 Å². The minimum absolute atomic E-state index is 0.549. The summed E-state index contributed by atoms with van der Waals surface area (Å²) in [5, 5.41) is 0. The molecular weight excluding hydrogens is 314 g/mol. The third kappa shape index (κ3) is 2.59. The number of benzene rings is 3. The molecule has 0 saturated carbocycles. The minimum Gasteiger partial charge on any atom is -0.292 e. The molecule has 1 heteroatoms. The molecule has 0 N–H and O–H groups in total. The minimum atomic E-state index is 0.549. The average Bonchev–Trinajstić information content (AvgIpc) is 2.86. The van der Waals surface area contributed by atoms with Crippen molar-refractivity contribution in [2.75, 3.05) is 6.54 Å². The molecule has 1 aliphatic heterocycles. The fourth-order valence-electron chi connectivity index (χ4n) is 5.15. The van der Waals surface area contributed by atoms with Crippen molar-refractivity contribution < 1.29 is 0 Å². The number of likely N-dealkylation sites (tertiary alicyclic amines) is 1. The van der Waals surface area contributed by atoms with Gasteiger partial charge >= 0.3 is 0 Å². The second-order valence-electron chi connectivity index (χ2n) is 7.86. The molecule has 2 bridgehead atoms. The van der Waals surface area contributed by atoms with Gasteiger partial charge in [0, 0.05) is 12.6 Å². The van der Waals surface area contributed by atoms with Crippen LogP contribution in [0.2, 0.25) is 0 Å². The zero-order valence-electron chi connectivity index (χ0n) is 15.3. The fraction of sp³-hybridized carbons (Fsp3) is 0.280. The molecule has 1 saturated heterocycles. The van der Waals surface area contributed by atoms with Crippen molar-refractivity contribution in [3.63, 3.8) is 0 Å². The molecule has 0 spiro atoms. The van der Waals surface area contributed by atoms with Crippen LogP contribution in [-0.4, -0.2) is 11.4 Å². The molecule has 3 unspecified atom stereocenters. The lowest BCUT2D eigenvalue weighted by Crippen LogP contribution is -2.36. The Balaban J connectivity index is 1.52. The molecule has 2 aliphatic rings. The van der Waals surface area contributed by atoms with Crippen LogP contribution in [0.15, 0.2) is 78.9 Å². The van der Waals surface area contributed by atoms with Crippen molar-refractivity contribution in [1.82, 2.24) is 4.90 Å². The zero-order chi connectivity index (χ0) is 17.5. The lowest BCUT2D eigenvalue weighted by atomic mass is 9.85. The molecule has 0 radical (unpaired) electrons. The SMILES string of the molecule is CC1C2CCN(Cc3ccccc3)C1c1cc(-c3ccccc3)ccc12. The highest BCUT2D eigenvalue weighted by Crippen LogP contribution is 2.53. The van der Waals surface area contributed by atoms with Crippen LogP contribution < -0.4 is 0 Å². The standard InChI is InChI=1S/C25H25N/c1-18-22-14-15-26(17-19-8-4-2-5-9-19)25(18)24-16-21(12-13-23(22)24)20-10-6-3-7-11-20/h2-13,16,18,22,25H,14-15,17H2,1H3. The van der Waals surface area contributed by atoms with E-state index in [-0.39, 0.29) is 0 Å². The Labute approximate surface area is 156 Å². The molecule has 26 heavy (non-hydrogen) atoms. The summed E-state index contributed by atoms with van der Waals surface area (Å²) >= 11 is 0. The van der Waals surface area contributed by atoms with E-state index in [4.69, 9.17) is 0 Å². The largest absolute Gasteiger partial charge is 0.292 e. The second kappa shape index (κ2) is 6.41. The van der Waals surface area contributed by atoms with Crippen molar-refractivity contribution in [3.05, 3.63) is 95.6 Å². The molecule has 130 valence electrons. The van der Waals surface area contributed by atoms with Gasteiger partial charge in [-0.2, -0.15) is 0 Å². The molecule has 1 nitrogen and oxygen atoms in total. The van der Waals surface area contributed by atoms with E-state index in [1.807, 2.05) is 0 Å². The number of hydrogen-bond acceptors (Lipinski definition) is 1. The fourth-order valence-corrected chi connectivity index (χ4v) is 5.15. The van der Waals surface area contributed by atoms with Crippen LogP contribution in [0.4, 0.5) is 0 Å². The van der Waals surface area contributed by atoms with E-state index < -0.39 is 0 Å². The summed E-state index contributed by atoms with van der Waals surface area (Å²) in [4.78, 5) is 2.71. The monoisotopic (exact) mass is 339 g/mol. The number of fused-ring (bicyclic) bond motifs is 5. The Kier molecular flexibility index (Phi) is 3.90. The highest BCUT2D eigenvalue weighted by atomic mass is 15.2. The van der Waals surface area contributed by atoms with Gasteiger partial charge in [0.25, 0.3) is 0 Å². The van der Waals surface area contributed by atoms with E-state index in [0.717, 1.165) is 12.5 Å². The highest BCUT2D eigenvalue weighted by molar-refractivity contribution is 5.66. The lowest BCUT2D eigenvalue weighted by molar-refractivity contribution is 0.0964. The predicted molar refractivity (Wildman–Crippen MR) is 108 cm³/mol. The first-order chi connectivity index (χ1) is 12.8. The van der Waals surface area contributed by atoms with Gasteiger partial charge in [0.1, 0.15) is 0 Å². The van der Waals surface area contributed by atoms with E-state index >= 15 is 0 Å². The summed E-state index contributed by atoms with van der Waals surface area (Å²) in [6.07, 6.45) is 1.28. The topological polar surface area (TPSA) is 3.24 Å². The molecule has 1 heterocycles. The molecular formula is C25H25N. The third-order valence-corrected chi connectivity index (χ3v) is 6.39. The van der Waals surface area contributed by atoms with Crippen molar-refractivity contribution >= 4 is 0 Å². The van der Waals surface area contributed by atoms with E-state index in [0.29, 0.717) is 12.0 Å². The highest BCUT2D eigenvalue weighted by Gasteiger charge is 2.44. The van der Waals surface area contributed by atoms with E-state index in [2.05, 4.69) is 90.7 Å². The molecule has 0 amide bonds. The molecule has 3 aromatic rings. The predicted octanol–water partition coefficient (Wildman–Crippen LogP) is 6.03. The van der Waals surface area contributed by atoms with E-state index in [1.54, 1.807) is 11.1 Å². The lowest BCUT2D eigenvalue weighted by Gasteiger charge is -2.38. The normalized spacial score (nSPS) is 24.4. The first-order valence-electron chi connectivity index (χ1n) is 9.78. The maximum absolute atomic E-state index is 2.71. The Morgan fingerprint density at radius 1 is 0.808 bits per heavy atom. The van der Waals surface area contributed by atoms with Crippen LogP contribution in [0.25, 0.3) is 11.1 Å². The Hall–Kier alpha value is -2.38. The quantitative estimate of drug-likeness (QED) is 0.563.